The number of hydrogen-bond acceptors (Lipinski definition) is 5. The third-order valence-corrected chi connectivity index (χ3v) is 5.24. The second-order valence-corrected chi connectivity index (χ2v) is 7.47. The standard InChI is InChI=1S/C13H9ClF2N2O4S2/c14-9-6-5-8(7-11(9)18(19)20)24(21,22)17-10-3-1-2-4-12(10)23-13(15)16/h1-7,13,17H. The van der Waals surface area contributed by atoms with Gasteiger partial charge in [-0.1, -0.05) is 35.5 Å². The average molecular weight is 395 g/mol. The summed E-state index contributed by atoms with van der Waals surface area (Å²) >= 11 is 5.82. The van der Waals surface area contributed by atoms with Crippen LogP contribution in [0.3, 0.4) is 0 Å². The number of hydrogen-bond donors (Lipinski definition) is 1. The first kappa shape index (κ1) is 18.4. The Morgan fingerprint density at radius 3 is 2.50 bits per heavy atom. The second kappa shape index (κ2) is 7.32. The van der Waals surface area contributed by atoms with E-state index >= 15 is 0 Å². The summed E-state index contributed by atoms with van der Waals surface area (Å²) in [6.45, 7) is 0. The maximum Gasteiger partial charge on any atom is 0.289 e. The van der Waals surface area contributed by atoms with Crippen molar-refractivity contribution < 1.29 is 22.1 Å². The summed E-state index contributed by atoms with van der Waals surface area (Å²) < 4.78 is 51.9. The van der Waals surface area contributed by atoms with E-state index in [0.717, 1.165) is 18.2 Å². The Hall–Kier alpha value is -1.91. The SMILES string of the molecule is O=[N+]([O-])c1cc(S(=O)(=O)Nc2ccccc2SC(F)F)ccc1Cl. The van der Waals surface area contributed by atoms with Crippen LogP contribution in [0.2, 0.25) is 5.02 Å². The maximum absolute atomic E-state index is 12.5. The Balaban J connectivity index is 2.40. The van der Waals surface area contributed by atoms with Crippen molar-refractivity contribution in [3.05, 3.63) is 57.6 Å². The average Bonchev–Trinajstić information content (AvgIpc) is 2.48. The number of sulfonamides is 1. The van der Waals surface area contributed by atoms with Crippen LogP contribution >= 0.6 is 23.4 Å². The molecule has 0 fully saturated rings. The molecule has 2 aromatic carbocycles. The minimum absolute atomic E-state index is 0.0274. The number of nitrogens with one attached hydrogen (secondary N) is 1. The van der Waals surface area contributed by atoms with Crippen LogP contribution in [0.1, 0.15) is 0 Å². The monoisotopic (exact) mass is 394 g/mol. The van der Waals surface area contributed by atoms with Crippen molar-refractivity contribution in [2.24, 2.45) is 0 Å². The molecule has 0 saturated carbocycles. The fourth-order valence-corrected chi connectivity index (χ4v) is 3.70. The summed E-state index contributed by atoms with van der Waals surface area (Å²) in [6, 6.07) is 8.56. The van der Waals surface area contributed by atoms with E-state index in [2.05, 4.69) is 4.72 Å². The molecule has 0 bridgehead atoms. The highest BCUT2D eigenvalue weighted by molar-refractivity contribution is 7.99. The van der Waals surface area contributed by atoms with Crippen molar-refractivity contribution in [2.45, 2.75) is 15.5 Å². The van der Waals surface area contributed by atoms with E-state index in [1.807, 2.05) is 0 Å². The van der Waals surface area contributed by atoms with Crippen LogP contribution in [0.5, 0.6) is 0 Å². The third-order valence-electron chi connectivity index (χ3n) is 2.77. The maximum atomic E-state index is 12.5. The molecule has 0 aliphatic heterocycles. The number of rotatable bonds is 6. The predicted molar refractivity (Wildman–Crippen MR) is 87.2 cm³/mol. The minimum Gasteiger partial charge on any atom is -0.278 e. The van der Waals surface area contributed by atoms with Crippen LogP contribution in [0.25, 0.3) is 0 Å². The quantitative estimate of drug-likeness (QED) is 0.446. The van der Waals surface area contributed by atoms with Crippen molar-refractivity contribution in [1.29, 1.82) is 0 Å². The Morgan fingerprint density at radius 1 is 1.21 bits per heavy atom. The zero-order valence-electron chi connectivity index (χ0n) is 11.6. The number of nitrogens with zero attached hydrogens (tertiary/aromatic N) is 1. The molecule has 0 aliphatic rings. The van der Waals surface area contributed by atoms with Gasteiger partial charge >= 0.3 is 0 Å². The lowest BCUT2D eigenvalue weighted by molar-refractivity contribution is -0.384. The van der Waals surface area contributed by atoms with Crippen LogP contribution in [0, 0.1) is 10.1 Å². The number of nitro benzene ring substituents is 1. The lowest BCUT2D eigenvalue weighted by atomic mass is 10.3. The van der Waals surface area contributed by atoms with Gasteiger partial charge in [0, 0.05) is 11.0 Å². The molecule has 0 amide bonds. The Bertz CT molecular complexity index is 878. The second-order valence-electron chi connectivity index (χ2n) is 4.35. The Kier molecular flexibility index (Phi) is 5.62. The van der Waals surface area contributed by atoms with Gasteiger partial charge in [-0.15, -0.1) is 0 Å². The minimum atomic E-state index is -4.22. The van der Waals surface area contributed by atoms with E-state index in [-0.39, 0.29) is 27.4 Å². The summed E-state index contributed by atoms with van der Waals surface area (Å²) in [4.78, 5) is 9.66. The zero-order valence-corrected chi connectivity index (χ0v) is 14.0. The first-order chi connectivity index (χ1) is 11.2. The van der Waals surface area contributed by atoms with Crippen LogP contribution in [0.4, 0.5) is 20.2 Å². The van der Waals surface area contributed by atoms with Crippen LogP contribution in [-0.4, -0.2) is 19.1 Å². The van der Waals surface area contributed by atoms with Gasteiger partial charge in [0.2, 0.25) is 0 Å². The largest absolute Gasteiger partial charge is 0.289 e. The highest BCUT2D eigenvalue weighted by Gasteiger charge is 2.22. The smallest absolute Gasteiger partial charge is 0.278 e. The molecule has 24 heavy (non-hydrogen) atoms. The lowest BCUT2D eigenvalue weighted by Crippen LogP contribution is -2.14. The van der Waals surface area contributed by atoms with Gasteiger partial charge in [0.1, 0.15) is 5.02 Å². The van der Waals surface area contributed by atoms with Gasteiger partial charge in [0.05, 0.1) is 15.5 Å². The van der Waals surface area contributed by atoms with Crippen LogP contribution in [0.15, 0.2) is 52.3 Å². The van der Waals surface area contributed by atoms with Crippen molar-refractivity contribution in [1.82, 2.24) is 0 Å². The molecule has 1 N–H and O–H groups in total. The fourth-order valence-electron chi connectivity index (χ4n) is 1.75. The molecule has 0 unspecified atom stereocenters. The number of nitro groups is 1. The normalized spacial score (nSPS) is 11.5. The van der Waals surface area contributed by atoms with Crippen molar-refractivity contribution in [3.63, 3.8) is 0 Å². The molecule has 2 aromatic rings. The number of para-hydroxylation sites is 1. The van der Waals surface area contributed by atoms with Gasteiger partial charge in [-0.2, -0.15) is 8.78 Å². The Morgan fingerprint density at radius 2 is 1.88 bits per heavy atom. The number of alkyl halides is 2. The topological polar surface area (TPSA) is 89.3 Å². The fraction of sp³-hybridized carbons (Fsp3) is 0.0769. The number of thioether (sulfide) groups is 1. The van der Waals surface area contributed by atoms with Crippen LogP contribution in [-0.2, 0) is 10.0 Å². The zero-order chi connectivity index (χ0) is 17.9. The highest BCUT2D eigenvalue weighted by atomic mass is 35.5. The van der Waals surface area contributed by atoms with Crippen molar-refractivity contribution in [3.8, 4) is 0 Å². The van der Waals surface area contributed by atoms with E-state index in [0.29, 0.717) is 0 Å². The summed E-state index contributed by atoms with van der Waals surface area (Å²) in [5.74, 6) is -2.73. The molecule has 0 atom stereocenters. The van der Waals surface area contributed by atoms with Gasteiger partial charge in [-0.3, -0.25) is 14.8 Å². The molecular formula is C13H9ClF2N2O4S2. The Labute approximate surface area is 145 Å². The summed E-state index contributed by atoms with van der Waals surface area (Å²) in [5.41, 5.74) is -0.629. The third kappa shape index (κ3) is 4.34. The highest BCUT2D eigenvalue weighted by Crippen LogP contribution is 2.33. The first-order valence-corrected chi connectivity index (χ1v) is 8.95. The van der Waals surface area contributed by atoms with E-state index in [1.165, 1.54) is 24.3 Å². The van der Waals surface area contributed by atoms with Crippen molar-refractivity contribution >= 4 is 44.8 Å². The molecule has 0 radical (unpaired) electrons. The molecule has 0 spiro atoms. The molecule has 11 heteroatoms. The van der Waals surface area contributed by atoms with Gasteiger partial charge in [-0.05, 0) is 24.3 Å². The molecule has 0 saturated heterocycles. The molecule has 2 rings (SSSR count). The van der Waals surface area contributed by atoms with E-state index in [9.17, 15) is 27.3 Å². The van der Waals surface area contributed by atoms with Crippen molar-refractivity contribution in [2.75, 3.05) is 4.72 Å². The lowest BCUT2D eigenvalue weighted by Gasteiger charge is -2.12. The molecule has 0 heterocycles. The molecule has 0 aliphatic carbocycles. The number of benzene rings is 2. The van der Waals surface area contributed by atoms with Gasteiger partial charge in [-0.25, -0.2) is 8.42 Å². The number of halogens is 3. The number of anilines is 1. The van der Waals surface area contributed by atoms with Gasteiger partial charge in [0.25, 0.3) is 21.5 Å². The summed E-state index contributed by atoms with van der Waals surface area (Å²) in [7, 11) is -4.22. The van der Waals surface area contributed by atoms with E-state index in [1.54, 1.807) is 0 Å². The van der Waals surface area contributed by atoms with Gasteiger partial charge < -0.3 is 0 Å². The summed E-state index contributed by atoms with van der Waals surface area (Å²) in [5, 5.41) is 10.6. The molecule has 128 valence electrons. The first-order valence-electron chi connectivity index (χ1n) is 6.21. The van der Waals surface area contributed by atoms with E-state index < -0.39 is 31.3 Å². The molecular weight excluding hydrogens is 386 g/mol. The molecule has 0 aromatic heterocycles. The van der Waals surface area contributed by atoms with Crippen LogP contribution < -0.4 is 4.72 Å². The predicted octanol–water partition coefficient (Wildman–Crippen LogP) is 4.36. The molecule has 6 nitrogen and oxygen atoms in total. The van der Waals surface area contributed by atoms with Gasteiger partial charge in [0.15, 0.2) is 0 Å². The van der Waals surface area contributed by atoms with E-state index in [4.69, 9.17) is 11.6 Å². The summed E-state index contributed by atoms with van der Waals surface area (Å²) in [6.07, 6.45) is 0.